The lowest BCUT2D eigenvalue weighted by molar-refractivity contribution is -0.146. The van der Waals surface area contributed by atoms with Gasteiger partial charge in [0.2, 0.25) is 5.91 Å². The van der Waals surface area contributed by atoms with E-state index in [0.717, 1.165) is 12.8 Å². The van der Waals surface area contributed by atoms with Crippen molar-refractivity contribution in [1.82, 2.24) is 9.80 Å². The number of rotatable bonds is 3. The molecule has 2 heterocycles. The number of hydrogen-bond acceptors (Lipinski definition) is 4. The number of piperidine rings is 1. The number of aliphatic hydroxyl groups excluding tert-OH is 1. The van der Waals surface area contributed by atoms with Gasteiger partial charge in [0, 0.05) is 25.2 Å². The van der Waals surface area contributed by atoms with Gasteiger partial charge in [0.15, 0.2) is 0 Å². The number of carbonyl (C=O) groups is 2. The number of benzene rings is 1. The van der Waals surface area contributed by atoms with Gasteiger partial charge in [0.25, 0.3) is 5.91 Å². The van der Waals surface area contributed by atoms with Crippen LogP contribution in [0.1, 0.15) is 41.6 Å². The summed E-state index contributed by atoms with van der Waals surface area (Å²) >= 11 is 0. The van der Waals surface area contributed by atoms with Gasteiger partial charge < -0.3 is 20.0 Å². The molecule has 24 heavy (non-hydrogen) atoms. The van der Waals surface area contributed by atoms with Gasteiger partial charge in [-0.2, -0.15) is 0 Å². The molecule has 0 radical (unpaired) electrons. The van der Waals surface area contributed by atoms with Crippen LogP contribution in [-0.2, 0) is 4.79 Å². The standard InChI is InChI=1S/C18H24N2O4/c1-13-12-14(22)4-5-15(13)16(23)20-9-3-7-18(20)6-2-8-19(10-11-21)17(18)24/h4-5,12,21-22H,2-3,6-11H2,1H3. The fourth-order valence-electron chi connectivity index (χ4n) is 4.09. The minimum absolute atomic E-state index is 0.0370. The van der Waals surface area contributed by atoms with Gasteiger partial charge in [-0.05, 0) is 56.4 Å². The van der Waals surface area contributed by atoms with E-state index in [1.807, 2.05) is 0 Å². The molecule has 0 aromatic heterocycles. The second kappa shape index (κ2) is 6.43. The first-order chi connectivity index (χ1) is 11.5. The van der Waals surface area contributed by atoms with Crippen LogP contribution in [0, 0.1) is 6.92 Å². The first-order valence-corrected chi connectivity index (χ1v) is 8.51. The van der Waals surface area contributed by atoms with Crippen molar-refractivity contribution in [3.8, 4) is 5.75 Å². The maximum absolute atomic E-state index is 13.1. The summed E-state index contributed by atoms with van der Waals surface area (Å²) in [5.41, 5.74) is 0.466. The molecule has 3 rings (SSSR count). The summed E-state index contributed by atoms with van der Waals surface area (Å²) in [6.45, 7) is 3.25. The largest absolute Gasteiger partial charge is 0.508 e. The maximum Gasteiger partial charge on any atom is 0.255 e. The number of phenols is 1. The quantitative estimate of drug-likeness (QED) is 0.874. The molecule has 2 N–H and O–H groups in total. The van der Waals surface area contributed by atoms with E-state index in [1.54, 1.807) is 28.9 Å². The van der Waals surface area contributed by atoms with Crippen LogP contribution in [0.2, 0.25) is 0 Å². The minimum Gasteiger partial charge on any atom is -0.508 e. The van der Waals surface area contributed by atoms with Crippen LogP contribution in [0.25, 0.3) is 0 Å². The fraction of sp³-hybridized carbons (Fsp3) is 0.556. The Morgan fingerprint density at radius 3 is 2.62 bits per heavy atom. The lowest BCUT2D eigenvalue weighted by Crippen LogP contribution is -2.61. The van der Waals surface area contributed by atoms with Crippen LogP contribution in [0.3, 0.4) is 0 Å². The van der Waals surface area contributed by atoms with Crippen LogP contribution in [0.15, 0.2) is 18.2 Å². The van der Waals surface area contributed by atoms with Crippen LogP contribution >= 0.6 is 0 Å². The van der Waals surface area contributed by atoms with Gasteiger partial charge in [0.05, 0.1) is 6.61 Å². The predicted molar refractivity (Wildman–Crippen MR) is 88.7 cm³/mol. The first kappa shape index (κ1) is 16.8. The van der Waals surface area contributed by atoms with Crippen LogP contribution in [0.4, 0.5) is 0 Å². The number of likely N-dealkylation sites (tertiary alicyclic amines) is 2. The van der Waals surface area contributed by atoms with E-state index in [0.29, 0.717) is 43.6 Å². The highest BCUT2D eigenvalue weighted by molar-refractivity contribution is 6.01. The van der Waals surface area contributed by atoms with Crippen molar-refractivity contribution in [2.24, 2.45) is 0 Å². The monoisotopic (exact) mass is 332 g/mol. The molecule has 2 saturated heterocycles. The van der Waals surface area contributed by atoms with Crippen LogP contribution in [-0.4, -0.2) is 63.6 Å². The lowest BCUT2D eigenvalue weighted by Gasteiger charge is -2.44. The second-order valence-corrected chi connectivity index (χ2v) is 6.71. The number of nitrogens with zero attached hydrogens (tertiary/aromatic N) is 2. The molecular formula is C18H24N2O4. The highest BCUT2D eigenvalue weighted by Gasteiger charge is 2.52. The topological polar surface area (TPSA) is 81.1 Å². The third kappa shape index (κ3) is 2.65. The van der Waals surface area contributed by atoms with Crippen molar-refractivity contribution in [1.29, 1.82) is 0 Å². The highest BCUT2D eigenvalue weighted by Crippen LogP contribution is 2.39. The van der Waals surface area contributed by atoms with E-state index >= 15 is 0 Å². The van der Waals surface area contributed by atoms with Crippen molar-refractivity contribution in [2.45, 2.75) is 38.1 Å². The molecule has 0 aliphatic carbocycles. The summed E-state index contributed by atoms with van der Waals surface area (Å²) < 4.78 is 0. The molecule has 2 fully saturated rings. The lowest BCUT2D eigenvalue weighted by atomic mass is 9.85. The molecule has 1 aromatic rings. The van der Waals surface area contributed by atoms with Crippen molar-refractivity contribution in [2.75, 3.05) is 26.2 Å². The van der Waals surface area contributed by atoms with Crippen LogP contribution in [0.5, 0.6) is 5.75 Å². The van der Waals surface area contributed by atoms with Crippen LogP contribution < -0.4 is 0 Å². The Bertz CT molecular complexity index is 658. The SMILES string of the molecule is Cc1cc(O)ccc1C(=O)N1CCCC12CCCN(CCO)C2=O. The number of hydrogen-bond donors (Lipinski definition) is 2. The molecule has 6 heteroatoms. The summed E-state index contributed by atoms with van der Waals surface area (Å²) in [6.07, 6.45) is 3.00. The molecule has 1 unspecified atom stereocenters. The number of aliphatic hydroxyl groups is 1. The number of amides is 2. The summed E-state index contributed by atoms with van der Waals surface area (Å²) in [4.78, 5) is 29.5. The van der Waals surface area contributed by atoms with Gasteiger partial charge in [-0.3, -0.25) is 9.59 Å². The Kier molecular flexibility index (Phi) is 4.49. The molecular weight excluding hydrogens is 308 g/mol. The molecule has 2 aliphatic rings. The van der Waals surface area contributed by atoms with E-state index in [4.69, 9.17) is 0 Å². The molecule has 0 saturated carbocycles. The Hall–Kier alpha value is -2.08. The zero-order valence-corrected chi connectivity index (χ0v) is 14.0. The normalized spacial score (nSPS) is 24.0. The van der Waals surface area contributed by atoms with E-state index in [1.165, 1.54) is 6.07 Å². The van der Waals surface area contributed by atoms with Gasteiger partial charge in [0.1, 0.15) is 11.3 Å². The number of β-amino-alcohol motifs (C(OH)–C–C–N with tert-alkyl or cyclic N) is 1. The van der Waals surface area contributed by atoms with E-state index in [2.05, 4.69) is 0 Å². The number of carbonyl (C=O) groups excluding carboxylic acids is 2. The molecule has 0 bridgehead atoms. The van der Waals surface area contributed by atoms with E-state index in [-0.39, 0.29) is 24.2 Å². The predicted octanol–water partition coefficient (Wildman–Crippen LogP) is 1.29. The summed E-state index contributed by atoms with van der Waals surface area (Å²) in [6, 6.07) is 4.69. The van der Waals surface area contributed by atoms with Gasteiger partial charge in [-0.25, -0.2) is 0 Å². The molecule has 130 valence electrons. The molecule has 2 amide bonds. The number of aromatic hydroxyl groups is 1. The smallest absolute Gasteiger partial charge is 0.255 e. The molecule has 1 spiro atoms. The molecule has 2 aliphatic heterocycles. The average molecular weight is 332 g/mol. The van der Waals surface area contributed by atoms with Crippen molar-refractivity contribution in [3.05, 3.63) is 29.3 Å². The Balaban J connectivity index is 1.92. The second-order valence-electron chi connectivity index (χ2n) is 6.71. The Morgan fingerprint density at radius 1 is 1.25 bits per heavy atom. The number of aryl methyl sites for hydroxylation is 1. The fourth-order valence-corrected chi connectivity index (χ4v) is 4.09. The zero-order valence-electron chi connectivity index (χ0n) is 14.0. The first-order valence-electron chi connectivity index (χ1n) is 8.51. The van der Waals surface area contributed by atoms with Gasteiger partial charge in [-0.15, -0.1) is 0 Å². The third-order valence-electron chi connectivity index (χ3n) is 5.25. The number of phenolic OH excluding ortho intramolecular Hbond substituents is 1. The van der Waals surface area contributed by atoms with E-state index in [9.17, 15) is 19.8 Å². The average Bonchev–Trinajstić information content (AvgIpc) is 2.96. The summed E-state index contributed by atoms with van der Waals surface area (Å²) in [5, 5.41) is 18.7. The Morgan fingerprint density at radius 2 is 1.96 bits per heavy atom. The maximum atomic E-state index is 13.1. The minimum atomic E-state index is -0.769. The van der Waals surface area contributed by atoms with Gasteiger partial charge in [-0.1, -0.05) is 0 Å². The molecule has 1 atom stereocenters. The van der Waals surface area contributed by atoms with Crippen molar-refractivity contribution in [3.63, 3.8) is 0 Å². The van der Waals surface area contributed by atoms with Crippen molar-refractivity contribution >= 4 is 11.8 Å². The molecule has 1 aromatic carbocycles. The summed E-state index contributed by atoms with van der Waals surface area (Å²) in [7, 11) is 0. The Labute approximate surface area is 141 Å². The highest BCUT2D eigenvalue weighted by atomic mass is 16.3. The molecule has 6 nitrogen and oxygen atoms in total. The van der Waals surface area contributed by atoms with E-state index < -0.39 is 5.54 Å². The summed E-state index contributed by atoms with van der Waals surface area (Å²) in [5.74, 6) is -0.0580. The van der Waals surface area contributed by atoms with Gasteiger partial charge >= 0.3 is 0 Å². The zero-order chi connectivity index (χ0) is 17.3. The van der Waals surface area contributed by atoms with Crippen molar-refractivity contribution < 1.29 is 19.8 Å². The third-order valence-corrected chi connectivity index (χ3v) is 5.25.